The maximum atomic E-state index is 2.23. The summed E-state index contributed by atoms with van der Waals surface area (Å²) >= 11 is 0. The number of allylic oxidation sites excluding steroid dienone is 4. The van der Waals surface area contributed by atoms with Gasteiger partial charge >= 0.3 is 45.0 Å². The minimum Gasteiger partial charge on any atom is -1.00 e. The molecule has 1 aliphatic carbocycles. The normalized spacial score (nSPS) is 14.5. The van der Waals surface area contributed by atoms with Crippen LogP contribution in [0.3, 0.4) is 0 Å². The predicted octanol–water partition coefficient (Wildman–Crippen LogP) is -3.32. The molecule has 1 aliphatic rings. The molecule has 0 saturated heterocycles. The Morgan fingerprint density at radius 1 is 0.727 bits per heavy atom. The molecule has 0 aliphatic heterocycles. The zero-order valence-corrected chi connectivity index (χ0v) is 13.9. The van der Waals surface area contributed by atoms with Crippen molar-refractivity contribution in [3.63, 3.8) is 0 Å². The summed E-state index contributed by atoms with van der Waals surface area (Å²) < 4.78 is 0. The molecule has 0 aromatic rings. The molecular formula is C8H12Cl2Ra. The van der Waals surface area contributed by atoms with Crippen molar-refractivity contribution >= 4 is 0 Å². The first-order chi connectivity index (χ1) is 4.00. The van der Waals surface area contributed by atoms with Gasteiger partial charge in [0.2, 0.25) is 0 Å². The summed E-state index contributed by atoms with van der Waals surface area (Å²) in [5, 5.41) is 0. The summed E-state index contributed by atoms with van der Waals surface area (Å²) in [5.74, 6) is 0. The maximum absolute atomic E-state index is 2.23. The van der Waals surface area contributed by atoms with E-state index in [4.69, 9.17) is 0 Å². The van der Waals surface area contributed by atoms with Crippen LogP contribution >= 0.6 is 0 Å². The van der Waals surface area contributed by atoms with E-state index in [0.717, 1.165) is 0 Å². The molecule has 0 nitrogen and oxygen atoms in total. The molecule has 0 spiro atoms. The van der Waals surface area contributed by atoms with Crippen LogP contribution in [0.5, 0.6) is 0 Å². The number of rotatable bonds is 0. The van der Waals surface area contributed by atoms with Gasteiger partial charge in [-0.2, -0.15) is 0 Å². The molecule has 0 heterocycles. The molecule has 0 fully saturated rings. The zero-order valence-electron chi connectivity index (χ0n) is 6.60. The Balaban J connectivity index is -0.000000213. The molecule has 3 heteroatoms. The van der Waals surface area contributed by atoms with Gasteiger partial charge in [0.15, 0.2) is 0 Å². The molecule has 0 atom stereocenters. The molecule has 0 radical (unpaired) electrons. The second-order valence-corrected chi connectivity index (χ2v) is 2.14. The Kier molecular flexibility index (Phi) is 23.5. The number of hydrogen-bond acceptors (Lipinski definition) is 0. The topological polar surface area (TPSA) is 0 Å². The van der Waals surface area contributed by atoms with Crippen LogP contribution in [0.15, 0.2) is 24.3 Å². The molecular weight excluding hydrogens is 393 g/mol. The monoisotopic (exact) mass is 404 g/mol. The Hall–Kier alpha value is 1.53. The third kappa shape index (κ3) is 11.5. The van der Waals surface area contributed by atoms with Crippen LogP contribution in [0, 0.1) is 45.0 Å². The van der Waals surface area contributed by atoms with Crippen molar-refractivity contribution in [1.82, 2.24) is 0 Å². The van der Waals surface area contributed by atoms with Crippen molar-refractivity contribution in [3.8, 4) is 0 Å². The smallest absolute Gasteiger partial charge is 1.00 e. The van der Waals surface area contributed by atoms with E-state index in [9.17, 15) is 0 Å². The van der Waals surface area contributed by atoms with Crippen molar-refractivity contribution < 1.29 is 69.8 Å². The second kappa shape index (κ2) is 14.1. The first kappa shape index (κ1) is 18.3. The van der Waals surface area contributed by atoms with Crippen LogP contribution in [0.25, 0.3) is 0 Å². The van der Waals surface area contributed by atoms with E-state index < -0.39 is 0 Å². The van der Waals surface area contributed by atoms with E-state index in [1.54, 1.807) is 0 Å². The molecule has 0 aromatic heterocycles. The van der Waals surface area contributed by atoms with E-state index in [0.29, 0.717) is 0 Å². The van der Waals surface area contributed by atoms with Gasteiger partial charge in [0, 0.05) is 0 Å². The van der Waals surface area contributed by atoms with Crippen molar-refractivity contribution in [2.24, 2.45) is 0 Å². The Labute approximate surface area is 118 Å². The molecule has 1 rings (SSSR count). The van der Waals surface area contributed by atoms with Crippen molar-refractivity contribution in [2.45, 2.75) is 25.7 Å². The number of halogens is 2. The van der Waals surface area contributed by atoms with Gasteiger partial charge in [-0.3, -0.25) is 0 Å². The van der Waals surface area contributed by atoms with E-state index in [2.05, 4.69) is 24.3 Å². The maximum Gasteiger partial charge on any atom is 2.00 e. The van der Waals surface area contributed by atoms with Gasteiger partial charge in [-0.1, -0.05) is 24.3 Å². The first-order valence-electron chi connectivity index (χ1n) is 3.32. The van der Waals surface area contributed by atoms with E-state index in [1.165, 1.54) is 25.7 Å². The molecule has 0 N–H and O–H groups in total. The number of hydrogen-bond donors (Lipinski definition) is 0. The minimum atomic E-state index is 0. The minimum absolute atomic E-state index is 0. The van der Waals surface area contributed by atoms with Crippen molar-refractivity contribution in [2.75, 3.05) is 0 Å². The van der Waals surface area contributed by atoms with Crippen LogP contribution in [0.2, 0.25) is 0 Å². The molecule has 0 bridgehead atoms. The zero-order chi connectivity index (χ0) is 5.66. The van der Waals surface area contributed by atoms with Crippen LogP contribution in [0.4, 0.5) is 0 Å². The van der Waals surface area contributed by atoms with E-state index >= 15 is 0 Å². The van der Waals surface area contributed by atoms with Crippen LogP contribution < -0.4 is 24.8 Å². The fraction of sp³-hybridized carbons (Fsp3) is 0.500. The van der Waals surface area contributed by atoms with Gasteiger partial charge in [0.05, 0.1) is 0 Å². The largest absolute Gasteiger partial charge is 2.00 e. The van der Waals surface area contributed by atoms with Gasteiger partial charge in [-0.05, 0) is 25.7 Å². The Bertz CT molecular complexity index is 96.7. The third-order valence-corrected chi connectivity index (χ3v) is 1.37. The van der Waals surface area contributed by atoms with Crippen molar-refractivity contribution in [3.05, 3.63) is 24.3 Å². The van der Waals surface area contributed by atoms with E-state index in [-0.39, 0.29) is 69.8 Å². The van der Waals surface area contributed by atoms with Crippen LogP contribution in [0.1, 0.15) is 25.7 Å². The fourth-order valence-electron chi connectivity index (χ4n) is 0.874. The van der Waals surface area contributed by atoms with Crippen LogP contribution in [-0.4, -0.2) is 0 Å². The summed E-state index contributed by atoms with van der Waals surface area (Å²) in [7, 11) is 0. The average Bonchev–Trinajstić information content (AvgIpc) is 1.62. The van der Waals surface area contributed by atoms with E-state index in [1.807, 2.05) is 0 Å². The fourth-order valence-corrected chi connectivity index (χ4v) is 0.874. The molecule has 0 aromatic carbocycles. The summed E-state index contributed by atoms with van der Waals surface area (Å²) in [4.78, 5) is 0. The van der Waals surface area contributed by atoms with Gasteiger partial charge in [-0.15, -0.1) is 0 Å². The molecule has 0 unspecified atom stereocenters. The van der Waals surface area contributed by atoms with Gasteiger partial charge in [-0.25, -0.2) is 0 Å². The molecule has 60 valence electrons. The second-order valence-electron chi connectivity index (χ2n) is 2.14. The quantitative estimate of drug-likeness (QED) is 0.396. The van der Waals surface area contributed by atoms with Crippen LogP contribution in [-0.2, 0) is 0 Å². The predicted molar refractivity (Wildman–Crippen MR) is 36.7 cm³/mol. The first-order valence-corrected chi connectivity index (χ1v) is 3.32. The molecule has 0 saturated carbocycles. The summed E-state index contributed by atoms with van der Waals surface area (Å²) in [6.07, 6.45) is 14.0. The van der Waals surface area contributed by atoms with Gasteiger partial charge in [0.25, 0.3) is 0 Å². The summed E-state index contributed by atoms with van der Waals surface area (Å²) in [6, 6.07) is 0. The van der Waals surface area contributed by atoms with Crippen molar-refractivity contribution in [1.29, 1.82) is 0 Å². The Morgan fingerprint density at radius 3 is 1.45 bits per heavy atom. The standard InChI is InChI=1S/C8H12.2ClH.Ra/c1-2-4-6-8-7-5-3-1;;;/h1-4H,5-8H2;2*1H;/q;;;+2/p-2. The molecule has 0 amide bonds. The summed E-state index contributed by atoms with van der Waals surface area (Å²) in [5.41, 5.74) is 0. The SMILES string of the molecule is C1=CCCCCC=C1.[Cl-].[Cl-].[Ra+2]. The van der Waals surface area contributed by atoms with Gasteiger partial charge < -0.3 is 24.8 Å². The summed E-state index contributed by atoms with van der Waals surface area (Å²) in [6.45, 7) is 0. The third-order valence-electron chi connectivity index (χ3n) is 1.37. The Morgan fingerprint density at radius 2 is 1.09 bits per heavy atom. The average molecular weight is 405 g/mol. The molecule has 11 heavy (non-hydrogen) atoms. The van der Waals surface area contributed by atoms with Gasteiger partial charge in [0.1, 0.15) is 0 Å².